The van der Waals surface area contributed by atoms with Gasteiger partial charge in [-0.25, -0.2) is 18.6 Å². The van der Waals surface area contributed by atoms with E-state index in [0.717, 1.165) is 12.1 Å². The van der Waals surface area contributed by atoms with Gasteiger partial charge in [0.05, 0.1) is 15.5 Å². The van der Waals surface area contributed by atoms with Gasteiger partial charge in [-0.05, 0) is 23.8 Å². The highest BCUT2D eigenvalue weighted by atomic mass is 35.5. The molecule has 1 heterocycles. The fraction of sp³-hybridized carbons (Fsp3) is 0. The van der Waals surface area contributed by atoms with Gasteiger partial charge in [0.2, 0.25) is 5.90 Å². The molecule has 1 aliphatic heterocycles. The van der Waals surface area contributed by atoms with Gasteiger partial charge in [-0.1, -0.05) is 23.7 Å². The molecule has 0 saturated carbocycles. The zero-order valence-electron chi connectivity index (χ0n) is 12.2. The van der Waals surface area contributed by atoms with E-state index in [1.165, 1.54) is 30.3 Å². The third-order valence-electron chi connectivity index (χ3n) is 3.25. The molecule has 0 N–H and O–H groups in total. The van der Waals surface area contributed by atoms with Gasteiger partial charge in [0.25, 0.3) is 5.69 Å². The minimum atomic E-state index is -1.17. The summed E-state index contributed by atoms with van der Waals surface area (Å²) in [6.45, 7) is 0. The van der Waals surface area contributed by atoms with Gasteiger partial charge >= 0.3 is 5.97 Å². The zero-order valence-corrected chi connectivity index (χ0v) is 13.0. The summed E-state index contributed by atoms with van der Waals surface area (Å²) in [4.78, 5) is 26.0. The second-order valence-electron chi connectivity index (χ2n) is 4.93. The van der Waals surface area contributed by atoms with Crippen LogP contribution >= 0.6 is 11.6 Å². The number of carbonyl (C=O) groups excluding carboxylic acids is 1. The molecule has 126 valence electrons. The van der Waals surface area contributed by atoms with E-state index in [1.807, 2.05) is 0 Å². The summed E-state index contributed by atoms with van der Waals surface area (Å²) in [5, 5.41) is 10.6. The van der Waals surface area contributed by atoms with Crippen molar-refractivity contribution in [2.24, 2.45) is 4.99 Å². The van der Waals surface area contributed by atoms with Crippen LogP contribution in [0.15, 0.2) is 47.1 Å². The topological polar surface area (TPSA) is 81.8 Å². The minimum absolute atomic E-state index is 0.0867. The number of hydrogen-bond donors (Lipinski definition) is 0. The number of aliphatic imine (C=N–C) groups is 1. The number of nitro groups is 1. The molecule has 6 nitrogen and oxygen atoms in total. The third kappa shape index (κ3) is 3.38. The standard InChI is InChI=1S/C16H7ClF2N2O4/c17-11-7-13(19)12(18)6-10(11)15-20-14(16(22)25-15)5-8-2-1-3-9(4-8)21(23)24/h1-7H/b14-5-. The van der Waals surface area contributed by atoms with Crippen LogP contribution in [0.25, 0.3) is 6.08 Å². The first kappa shape index (κ1) is 16.7. The maximum atomic E-state index is 13.4. The van der Waals surface area contributed by atoms with Gasteiger partial charge in [-0.15, -0.1) is 0 Å². The summed E-state index contributed by atoms with van der Waals surface area (Å²) < 4.78 is 31.4. The Morgan fingerprint density at radius 1 is 1.20 bits per heavy atom. The Balaban J connectivity index is 1.99. The van der Waals surface area contributed by atoms with E-state index in [2.05, 4.69) is 4.99 Å². The fourth-order valence-electron chi connectivity index (χ4n) is 2.10. The molecule has 0 saturated heterocycles. The van der Waals surface area contributed by atoms with Crippen LogP contribution in [-0.2, 0) is 9.53 Å². The number of nitrogens with zero attached hydrogens (tertiary/aromatic N) is 2. The number of non-ortho nitro benzene ring substituents is 1. The first-order valence-corrected chi connectivity index (χ1v) is 7.15. The van der Waals surface area contributed by atoms with Crippen molar-refractivity contribution >= 4 is 35.2 Å². The lowest BCUT2D eigenvalue weighted by Gasteiger charge is -2.03. The second-order valence-corrected chi connectivity index (χ2v) is 5.34. The molecule has 3 rings (SSSR count). The molecule has 0 fully saturated rings. The smallest absolute Gasteiger partial charge is 0.363 e. The highest BCUT2D eigenvalue weighted by Crippen LogP contribution is 2.26. The van der Waals surface area contributed by atoms with Crippen LogP contribution in [0.4, 0.5) is 14.5 Å². The van der Waals surface area contributed by atoms with Crippen molar-refractivity contribution in [1.29, 1.82) is 0 Å². The Labute approximate surface area is 144 Å². The molecule has 9 heteroatoms. The number of carbonyl (C=O) groups is 1. The molecule has 0 unspecified atom stereocenters. The molecule has 2 aromatic rings. The molecule has 25 heavy (non-hydrogen) atoms. The monoisotopic (exact) mass is 364 g/mol. The van der Waals surface area contributed by atoms with Crippen LogP contribution in [0.2, 0.25) is 5.02 Å². The van der Waals surface area contributed by atoms with Gasteiger partial charge < -0.3 is 4.74 Å². The Bertz CT molecular complexity index is 973. The maximum absolute atomic E-state index is 13.4. The van der Waals surface area contributed by atoms with Crippen molar-refractivity contribution in [2.45, 2.75) is 0 Å². The largest absolute Gasteiger partial charge is 0.402 e. The van der Waals surface area contributed by atoms with Crippen LogP contribution in [0, 0.1) is 21.7 Å². The highest BCUT2D eigenvalue weighted by Gasteiger charge is 2.27. The summed E-state index contributed by atoms with van der Waals surface area (Å²) in [7, 11) is 0. The Morgan fingerprint density at radius 3 is 2.64 bits per heavy atom. The molecule has 1 aliphatic rings. The molecule has 0 aromatic heterocycles. The van der Waals surface area contributed by atoms with E-state index in [4.69, 9.17) is 16.3 Å². The SMILES string of the molecule is O=C1OC(c2cc(F)c(F)cc2Cl)=N/C1=C\c1cccc([N+](=O)[O-])c1. The highest BCUT2D eigenvalue weighted by molar-refractivity contribution is 6.34. The van der Waals surface area contributed by atoms with Crippen LogP contribution in [0.1, 0.15) is 11.1 Å². The predicted molar refractivity (Wildman–Crippen MR) is 85.1 cm³/mol. The third-order valence-corrected chi connectivity index (χ3v) is 3.56. The quantitative estimate of drug-likeness (QED) is 0.272. The minimum Gasteiger partial charge on any atom is -0.402 e. The number of rotatable bonds is 3. The number of esters is 1. The number of cyclic esters (lactones) is 1. The van der Waals surface area contributed by atoms with Crippen LogP contribution in [-0.4, -0.2) is 16.8 Å². The second kappa shape index (κ2) is 6.40. The number of ether oxygens (including phenoxy) is 1. The van der Waals surface area contributed by atoms with E-state index in [0.29, 0.717) is 5.56 Å². The molecule has 2 aromatic carbocycles. The van der Waals surface area contributed by atoms with E-state index in [-0.39, 0.29) is 27.9 Å². The summed E-state index contributed by atoms with van der Waals surface area (Å²) in [5.74, 6) is -3.45. The number of halogens is 3. The van der Waals surface area contributed by atoms with Gasteiger partial charge in [-0.3, -0.25) is 10.1 Å². The van der Waals surface area contributed by atoms with Crippen LogP contribution in [0.5, 0.6) is 0 Å². The first-order valence-electron chi connectivity index (χ1n) is 6.77. The molecule has 0 radical (unpaired) electrons. The number of nitro benzene ring substituents is 1. The van der Waals surface area contributed by atoms with Crippen LogP contribution < -0.4 is 0 Å². The van der Waals surface area contributed by atoms with Gasteiger partial charge in [0.1, 0.15) is 0 Å². The number of hydrogen-bond acceptors (Lipinski definition) is 5. The summed E-state index contributed by atoms with van der Waals surface area (Å²) in [6.07, 6.45) is 1.27. The lowest BCUT2D eigenvalue weighted by Crippen LogP contribution is -2.07. The summed E-state index contributed by atoms with van der Waals surface area (Å²) in [6, 6.07) is 7.03. The average Bonchev–Trinajstić information content (AvgIpc) is 2.91. The zero-order chi connectivity index (χ0) is 18.1. The molecule has 0 amide bonds. The van der Waals surface area contributed by atoms with E-state index < -0.39 is 22.5 Å². The maximum Gasteiger partial charge on any atom is 0.363 e. The normalized spacial score (nSPS) is 15.2. The Morgan fingerprint density at radius 2 is 1.92 bits per heavy atom. The van der Waals surface area contributed by atoms with Crippen molar-refractivity contribution in [3.63, 3.8) is 0 Å². The first-order chi connectivity index (χ1) is 11.8. The summed E-state index contributed by atoms with van der Waals surface area (Å²) >= 11 is 5.82. The molecular weight excluding hydrogens is 358 g/mol. The van der Waals surface area contributed by atoms with Crippen LogP contribution in [0.3, 0.4) is 0 Å². The molecular formula is C16H7ClF2N2O4. The van der Waals surface area contributed by atoms with E-state index in [9.17, 15) is 23.7 Å². The van der Waals surface area contributed by atoms with Crippen molar-refractivity contribution in [3.8, 4) is 0 Å². The van der Waals surface area contributed by atoms with Gasteiger partial charge in [0.15, 0.2) is 17.3 Å². The van der Waals surface area contributed by atoms with Gasteiger partial charge in [0, 0.05) is 12.1 Å². The molecule has 0 aliphatic carbocycles. The number of benzene rings is 2. The van der Waals surface area contributed by atoms with E-state index in [1.54, 1.807) is 0 Å². The lowest BCUT2D eigenvalue weighted by molar-refractivity contribution is -0.384. The molecule has 0 bridgehead atoms. The van der Waals surface area contributed by atoms with E-state index >= 15 is 0 Å². The molecule has 0 spiro atoms. The lowest BCUT2D eigenvalue weighted by atomic mass is 10.1. The van der Waals surface area contributed by atoms with Crippen molar-refractivity contribution in [3.05, 3.63) is 80.0 Å². The van der Waals surface area contributed by atoms with Crippen molar-refractivity contribution in [2.75, 3.05) is 0 Å². The van der Waals surface area contributed by atoms with Crippen molar-refractivity contribution in [1.82, 2.24) is 0 Å². The fourth-order valence-corrected chi connectivity index (χ4v) is 2.33. The Kier molecular flexibility index (Phi) is 4.28. The molecule has 0 atom stereocenters. The Hall–Kier alpha value is -3.13. The summed E-state index contributed by atoms with van der Waals surface area (Å²) in [5.41, 5.74) is -0.0521. The van der Waals surface area contributed by atoms with Crippen molar-refractivity contribution < 1.29 is 23.2 Å². The predicted octanol–water partition coefficient (Wildman–Crippen LogP) is 3.87. The van der Waals surface area contributed by atoms with Gasteiger partial charge in [-0.2, -0.15) is 0 Å². The average molecular weight is 365 g/mol.